The summed E-state index contributed by atoms with van der Waals surface area (Å²) >= 11 is 0. The first-order chi connectivity index (χ1) is 8.47. The van der Waals surface area contributed by atoms with E-state index in [2.05, 4.69) is 5.32 Å². The Bertz CT molecular complexity index is 574. The van der Waals surface area contributed by atoms with Crippen LogP contribution in [0, 0.1) is 24.4 Å². The highest BCUT2D eigenvalue weighted by atomic mass is 19.2. The molecule has 0 atom stereocenters. The van der Waals surface area contributed by atoms with Gasteiger partial charge in [0.15, 0.2) is 17.5 Å². The smallest absolute Gasteiger partial charge is 0.194 e. The molecule has 2 aromatic carbocycles. The molecule has 0 heterocycles. The third kappa shape index (κ3) is 2.40. The number of hydrogen-bond donors (Lipinski definition) is 2. The Kier molecular flexibility index (Phi) is 3.14. The summed E-state index contributed by atoms with van der Waals surface area (Å²) in [7, 11) is 0. The van der Waals surface area contributed by atoms with Crippen molar-refractivity contribution >= 4 is 17.1 Å². The maximum Gasteiger partial charge on any atom is 0.194 e. The lowest BCUT2D eigenvalue weighted by atomic mass is 10.2. The Morgan fingerprint density at radius 3 is 2.22 bits per heavy atom. The molecule has 3 N–H and O–H groups in total. The Hall–Kier alpha value is -2.17. The van der Waals surface area contributed by atoms with Gasteiger partial charge in [-0.25, -0.2) is 13.2 Å². The van der Waals surface area contributed by atoms with Crippen LogP contribution in [0.25, 0.3) is 0 Å². The molecule has 18 heavy (non-hydrogen) atoms. The van der Waals surface area contributed by atoms with Crippen LogP contribution < -0.4 is 11.1 Å². The predicted octanol–water partition coefficient (Wildman–Crippen LogP) is 3.74. The number of nitrogens with two attached hydrogens (primary N) is 1. The van der Waals surface area contributed by atoms with Crippen molar-refractivity contribution in [1.82, 2.24) is 0 Å². The van der Waals surface area contributed by atoms with Crippen molar-refractivity contribution in [3.8, 4) is 0 Å². The van der Waals surface area contributed by atoms with E-state index in [1.807, 2.05) is 13.0 Å². The largest absolute Gasteiger partial charge is 0.397 e. The van der Waals surface area contributed by atoms with Gasteiger partial charge in [-0.3, -0.25) is 0 Å². The van der Waals surface area contributed by atoms with Crippen LogP contribution in [-0.2, 0) is 0 Å². The molecule has 0 aliphatic carbocycles. The van der Waals surface area contributed by atoms with Gasteiger partial charge in [-0.15, -0.1) is 0 Å². The quantitative estimate of drug-likeness (QED) is 0.631. The molecule has 2 aromatic rings. The van der Waals surface area contributed by atoms with Gasteiger partial charge in [-0.05, 0) is 24.6 Å². The Labute approximate surface area is 102 Å². The zero-order valence-electron chi connectivity index (χ0n) is 9.60. The number of halogens is 3. The van der Waals surface area contributed by atoms with Gasteiger partial charge in [0.25, 0.3) is 0 Å². The van der Waals surface area contributed by atoms with E-state index in [0.717, 1.165) is 17.7 Å². The second-order valence-corrected chi connectivity index (χ2v) is 3.97. The van der Waals surface area contributed by atoms with Gasteiger partial charge in [0.05, 0.1) is 11.4 Å². The number of benzene rings is 2. The summed E-state index contributed by atoms with van der Waals surface area (Å²) in [4.78, 5) is 0. The molecule has 2 nitrogen and oxygen atoms in total. The lowest BCUT2D eigenvalue weighted by molar-refractivity contribution is 0.448. The summed E-state index contributed by atoms with van der Waals surface area (Å²) in [5, 5.41) is 2.75. The van der Waals surface area contributed by atoms with E-state index < -0.39 is 17.5 Å². The minimum Gasteiger partial charge on any atom is -0.397 e. The minimum absolute atomic E-state index is 0.101. The number of aryl methyl sites for hydroxylation is 1. The van der Waals surface area contributed by atoms with Crippen molar-refractivity contribution in [3.63, 3.8) is 0 Å². The molecule has 0 saturated heterocycles. The molecule has 0 aromatic heterocycles. The Morgan fingerprint density at radius 1 is 1.00 bits per heavy atom. The number of hydrogen-bond acceptors (Lipinski definition) is 2. The maximum atomic E-state index is 13.0. The first-order valence-corrected chi connectivity index (χ1v) is 5.25. The Balaban J connectivity index is 2.37. The lowest BCUT2D eigenvalue weighted by Crippen LogP contribution is -1.99. The van der Waals surface area contributed by atoms with E-state index >= 15 is 0 Å². The van der Waals surface area contributed by atoms with Crippen LogP contribution in [0.1, 0.15) is 5.56 Å². The normalized spacial score (nSPS) is 10.4. The highest BCUT2D eigenvalue weighted by molar-refractivity contribution is 5.73. The molecule has 94 valence electrons. The van der Waals surface area contributed by atoms with Crippen molar-refractivity contribution < 1.29 is 13.2 Å². The van der Waals surface area contributed by atoms with Crippen LogP contribution in [0.15, 0.2) is 30.3 Å². The molecule has 0 radical (unpaired) electrons. The minimum atomic E-state index is -1.49. The van der Waals surface area contributed by atoms with Crippen molar-refractivity contribution in [3.05, 3.63) is 53.3 Å². The monoisotopic (exact) mass is 252 g/mol. The van der Waals surface area contributed by atoms with Gasteiger partial charge in [-0.2, -0.15) is 0 Å². The molecule has 5 heteroatoms. The number of nitrogens with one attached hydrogen (secondary N) is 1. The molecule has 0 fully saturated rings. The zero-order chi connectivity index (χ0) is 13.3. The van der Waals surface area contributed by atoms with Crippen LogP contribution in [0.3, 0.4) is 0 Å². The predicted molar refractivity (Wildman–Crippen MR) is 65.2 cm³/mol. The third-order valence-electron chi connectivity index (χ3n) is 2.47. The summed E-state index contributed by atoms with van der Waals surface area (Å²) in [5.74, 6) is -3.98. The number of nitrogen functional groups attached to an aromatic ring is 1. The molecule has 0 saturated carbocycles. The van der Waals surface area contributed by atoms with Crippen molar-refractivity contribution in [1.29, 1.82) is 0 Å². The first kappa shape index (κ1) is 12.3. The van der Waals surface area contributed by atoms with E-state index in [1.54, 1.807) is 12.1 Å². The molecule has 2 rings (SSSR count). The van der Waals surface area contributed by atoms with Crippen molar-refractivity contribution in [2.45, 2.75) is 6.92 Å². The fourth-order valence-electron chi connectivity index (χ4n) is 1.56. The van der Waals surface area contributed by atoms with Crippen LogP contribution in [0.5, 0.6) is 0 Å². The zero-order valence-corrected chi connectivity index (χ0v) is 9.60. The second-order valence-electron chi connectivity index (χ2n) is 3.97. The topological polar surface area (TPSA) is 38.0 Å². The van der Waals surface area contributed by atoms with Gasteiger partial charge in [0.1, 0.15) is 0 Å². The first-order valence-electron chi connectivity index (χ1n) is 5.25. The van der Waals surface area contributed by atoms with E-state index in [-0.39, 0.29) is 5.69 Å². The van der Waals surface area contributed by atoms with Crippen LogP contribution in [0.4, 0.5) is 30.2 Å². The standard InChI is InChI=1S/C13H11F3N2/c1-7-2-3-11(17)12(4-7)18-8-5-9(14)13(16)10(15)6-8/h2-6,18H,17H2,1H3. The fourth-order valence-corrected chi connectivity index (χ4v) is 1.56. The van der Waals surface area contributed by atoms with E-state index in [9.17, 15) is 13.2 Å². The van der Waals surface area contributed by atoms with Gasteiger partial charge in [0, 0.05) is 17.8 Å². The maximum absolute atomic E-state index is 13.0. The van der Waals surface area contributed by atoms with Crippen LogP contribution in [0.2, 0.25) is 0 Å². The molecular formula is C13H11F3N2. The molecule has 0 aliphatic heterocycles. The molecular weight excluding hydrogens is 241 g/mol. The van der Waals surface area contributed by atoms with E-state index in [0.29, 0.717) is 11.4 Å². The van der Waals surface area contributed by atoms with Gasteiger partial charge >= 0.3 is 0 Å². The number of anilines is 3. The Morgan fingerprint density at radius 2 is 1.61 bits per heavy atom. The summed E-state index contributed by atoms with van der Waals surface area (Å²) in [5.41, 5.74) is 7.71. The van der Waals surface area contributed by atoms with Crippen LogP contribution in [-0.4, -0.2) is 0 Å². The summed E-state index contributed by atoms with van der Waals surface area (Å²) in [6.45, 7) is 1.86. The lowest BCUT2D eigenvalue weighted by Gasteiger charge is -2.10. The van der Waals surface area contributed by atoms with Gasteiger partial charge in [-0.1, -0.05) is 6.07 Å². The van der Waals surface area contributed by atoms with E-state index in [4.69, 9.17) is 5.73 Å². The highest BCUT2D eigenvalue weighted by Gasteiger charge is 2.11. The van der Waals surface area contributed by atoms with Gasteiger partial charge < -0.3 is 11.1 Å². The molecule has 0 unspecified atom stereocenters. The molecule has 0 bridgehead atoms. The average Bonchev–Trinajstić information content (AvgIpc) is 2.31. The summed E-state index contributed by atoms with van der Waals surface area (Å²) < 4.78 is 38.9. The third-order valence-corrected chi connectivity index (χ3v) is 2.47. The second kappa shape index (κ2) is 4.60. The molecule has 0 amide bonds. The fraction of sp³-hybridized carbons (Fsp3) is 0.0769. The SMILES string of the molecule is Cc1ccc(N)c(Nc2cc(F)c(F)c(F)c2)c1. The molecule has 0 spiro atoms. The molecule has 0 aliphatic rings. The van der Waals surface area contributed by atoms with Crippen molar-refractivity contribution in [2.75, 3.05) is 11.1 Å². The van der Waals surface area contributed by atoms with Crippen LogP contribution >= 0.6 is 0 Å². The highest BCUT2D eigenvalue weighted by Crippen LogP contribution is 2.26. The number of rotatable bonds is 2. The van der Waals surface area contributed by atoms with Crippen molar-refractivity contribution in [2.24, 2.45) is 0 Å². The average molecular weight is 252 g/mol. The van der Waals surface area contributed by atoms with E-state index in [1.165, 1.54) is 0 Å². The summed E-state index contributed by atoms with van der Waals surface area (Å²) in [6.07, 6.45) is 0. The summed E-state index contributed by atoms with van der Waals surface area (Å²) in [6, 6.07) is 6.97. The van der Waals surface area contributed by atoms with Gasteiger partial charge in [0.2, 0.25) is 0 Å².